The molecule has 0 N–H and O–H groups in total. The molecule has 0 fully saturated rings. The molecule has 120 valence electrons. The van der Waals surface area contributed by atoms with E-state index in [9.17, 15) is 14.6 Å². The Morgan fingerprint density at radius 2 is 1.82 bits per heavy atom. The molecule has 0 heterocycles. The first-order chi connectivity index (χ1) is 10.4. The molecule has 1 rings (SSSR count). The molecule has 0 amide bonds. The van der Waals surface area contributed by atoms with E-state index < -0.39 is 19.4 Å². The summed E-state index contributed by atoms with van der Waals surface area (Å²) in [6.45, 7) is 3.46. The fourth-order valence-electron chi connectivity index (χ4n) is 1.68. The lowest BCUT2D eigenvalue weighted by molar-refractivity contribution is -0.159. The maximum Gasteiger partial charge on any atom is 0.476 e. The topological polar surface area (TPSA) is 94.9 Å². The molecule has 0 bridgehead atoms. The monoisotopic (exact) mass is 327 g/mol. The molecule has 0 radical (unpaired) electrons. The predicted molar refractivity (Wildman–Crippen MR) is 77.8 cm³/mol. The summed E-state index contributed by atoms with van der Waals surface area (Å²) < 4.78 is 31.7. The number of hydrogen-bond donors (Lipinski definition) is 0. The number of hydrogen-bond acceptors (Lipinski definition) is 7. The zero-order chi connectivity index (χ0) is 16.8. The Kier molecular flexibility index (Phi) is 6.27. The highest BCUT2D eigenvalue weighted by Gasteiger charge is 2.50. The molecule has 1 atom stereocenters. The quantitative estimate of drug-likeness (QED) is 0.561. The van der Waals surface area contributed by atoms with E-state index in [0.29, 0.717) is 0 Å². The van der Waals surface area contributed by atoms with Crippen LogP contribution in [0.25, 0.3) is 0 Å². The van der Waals surface area contributed by atoms with Gasteiger partial charge in [-0.05, 0) is 13.8 Å². The lowest BCUT2D eigenvalue weighted by Gasteiger charge is -2.27. The van der Waals surface area contributed by atoms with Crippen molar-refractivity contribution in [1.82, 2.24) is 0 Å². The third-order valence-corrected chi connectivity index (χ3v) is 4.27. The summed E-state index contributed by atoms with van der Waals surface area (Å²) >= 11 is 0. The Balaban J connectivity index is 3.43. The largest absolute Gasteiger partial charge is 0.476 e. The molecule has 0 aliphatic rings. The van der Waals surface area contributed by atoms with E-state index in [2.05, 4.69) is 9.05 Å². The number of phosphoric acid groups is 1. The molecule has 0 spiro atoms. The van der Waals surface area contributed by atoms with Gasteiger partial charge in [0.2, 0.25) is 0 Å². The van der Waals surface area contributed by atoms with E-state index in [1.807, 2.05) is 6.92 Å². The van der Waals surface area contributed by atoms with Crippen LogP contribution in [0.1, 0.15) is 18.1 Å². The summed E-state index contributed by atoms with van der Waals surface area (Å²) in [6.07, 6.45) is 0. The Bertz CT molecular complexity index is 601. The maximum atomic E-state index is 12.3. The number of carbonyl (C=O) groups excluding carboxylic acids is 1. The van der Waals surface area contributed by atoms with Gasteiger partial charge < -0.3 is 4.74 Å². The van der Waals surface area contributed by atoms with Crippen LogP contribution in [0.5, 0.6) is 0 Å². The van der Waals surface area contributed by atoms with Crippen LogP contribution in [0, 0.1) is 18.3 Å². The number of ether oxygens (including phenoxy) is 1. The van der Waals surface area contributed by atoms with Crippen LogP contribution in [0.3, 0.4) is 0 Å². The van der Waals surface area contributed by atoms with Crippen molar-refractivity contribution in [2.45, 2.75) is 19.4 Å². The molecule has 0 aliphatic carbocycles. The molecule has 22 heavy (non-hydrogen) atoms. The summed E-state index contributed by atoms with van der Waals surface area (Å²) in [5.41, 5.74) is -1.15. The third-order valence-electron chi connectivity index (χ3n) is 2.87. The molecule has 0 saturated carbocycles. The van der Waals surface area contributed by atoms with E-state index in [1.165, 1.54) is 12.1 Å². The minimum atomic E-state index is -4.10. The Morgan fingerprint density at radius 3 is 2.23 bits per heavy atom. The van der Waals surface area contributed by atoms with Gasteiger partial charge in [0.25, 0.3) is 5.60 Å². The van der Waals surface area contributed by atoms with Gasteiger partial charge >= 0.3 is 13.8 Å². The lowest BCUT2D eigenvalue weighted by Crippen LogP contribution is -2.38. The number of nitriles is 1. The number of benzene rings is 1. The van der Waals surface area contributed by atoms with Crippen molar-refractivity contribution in [3.8, 4) is 6.07 Å². The van der Waals surface area contributed by atoms with Gasteiger partial charge in [0, 0.05) is 19.8 Å². The minimum Gasteiger partial charge on any atom is -0.463 e. The summed E-state index contributed by atoms with van der Waals surface area (Å²) in [5.74, 6) is -0.990. The molecule has 0 aromatic heterocycles. The van der Waals surface area contributed by atoms with Gasteiger partial charge in [-0.1, -0.05) is 29.8 Å². The first-order valence-electron chi connectivity index (χ1n) is 6.45. The number of phosphoric ester groups is 1. The van der Waals surface area contributed by atoms with Crippen LogP contribution >= 0.6 is 7.82 Å². The average molecular weight is 327 g/mol. The van der Waals surface area contributed by atoms with Gasteiger partial charge in [0.15, 0.2) is 0 Å². The second kappa shape index (κ2) is 7.52. The molecule has 0 saturated heterocycles. The highest BCUT2D eigenvalue weighted by Crippen LogP contribution is 2.53. The molecule has 1 unspecified atom stereocenters. The van der Waals surface area contributed by atoms with E-state index in [1.54, 1.807) is 25.1 Å². The highest BCUT2D eigenvalue weighted by molar-refractivity contribution is 7.48. The molecular formula is C14H18NO6P. The Labute approximate surface area is 129 Å². The van der Waals surface area contributed by atoms with Gasteiger partial charge in [0.1, 0.15) is 6.07 Å². The molecule has 8 heteroatoms. The highest BCUT2D eigenvalue weighted by atomic mass is 31.2. The molecule has 1 aromatic rings. The minimum absolute atomic E-state index is 0.0295. The fourth-order valence-corrected chi connectivity index (χ4v) is 2.53. The van der Waals surface area contributed by atoms with Crippen molar-refractivity contribution in [3.63, 3.8) is 0 Å². The van der Waals surface area contributed by atoms with Gasteiger partial charge in [-0.15, -0.1) is 0 Å². The molecule has 1 aromatic carbocycles. The van der Waals surface area contributed by atoms with Crippen LogP contribution in [-0.4, -0.2) is 26.8 Å². The first kappa shape index (κ1) is 18.3. The van der Waals surface area contributed by atoms with E-state index in [4.69, 9.17) is 9.26 Å². The number of carbonyl (C=O) groups is 1. The average Bonchev–Trinajstić information content (AvgIpc) is 2.53. The SMILES string of the molecule is CCOC(=O)C(C#N)(OP(=O)(OC)OC)c1ccc(C)cc1. The summed E-state index contributed by atoms with van der Waals surface area (Å²) in [6, 6.07) is 8.15. The van der Waals surface area contributed by atoms with Gasteiger partial charge in [-0.25, -0.2) is 13.9 Å². The fraction of sp³-hybridized carbons (Fsp3) is 0.429. The van der Waals surface area contributed by atoms with Crippen molar-refractivity contribution in [1.29, 1.82) is 5.26 Å². The Hall–Kier alpha value is -1.71. The van der Waals surface area contributed by atoms with Crippen molar-refractivity contribution < 1.29 is 27.7 Å². The summed E-state index contributed by atoms with van der Waals surface area (Å²) in [5, 5.41) is 9.54. The van der Waals surface area contributed by atoms with Crippen molar-refractivity contribution in [3.05, 3.63) is 35.4 Å². The standard InChI is InChI=1S/C14H18NO6P/c1-5-20-13(16)14(10-15,21-22(17,18-3)19-4)12-8-6-11(2)7-9-12/h6-9H,5H2,1-4H3. The summed E-state index contributed by atoms with van der Waals surface area (Å²) in [4.78, 5) is 12.3. The van der Waals surface area contributed by atoms with Crippen molar-refractivity contribution in [2.75, 3.05) is 20.8 Å². The molecule has 7 nitrogen and oxygen atoms in total. The van der Waals surface area contributed by atoms with Crippen LogP contribution in [0.4, 0.5) is 0 Å². The number of aryl methyl sites for hydroxylation is 1. The lowest BCUT2D eigenvalue weighted by atomic mass is 9.95. The van der Waals surface area contributed by atoms with Crippen LogP contribution < -0.4 is 0 Å². The summed E-state index contributed by atoms with van der Waals surface area (Å²) in [7, 11) is -1.92. The number of esters is 1. The number of rotatable bonds is 7. The van der Waals surface area contributed by atoms with E-state index in [0.717, 1.165) is 19.8 Å². The first-order valence-corrected chi connectivity index (χ1v) is 7.91. The van der Waals surface area contributed by atoms with Crippen LogP contribution in [0.15, 0.2) is 24.3 Å². The third kappa shape index (κ3) is 3.73. The van der Waals surface area contributed by atoms with E-state index in [-0.39, 0.29) is 12.2 Å². The van der Waals surface area contributed by atoms with Crippen LogP contribution in [0.2, 0.25) is 0 Å². The molecular weight excluding hydrogens is 309 g/mol. The van der Waals surface area contributed by atoms with Gasteiger partial charge in [-0.3, -0.25) is 9.05 Å². The zero-order valence-corrected chi connectivity index (χ0v) is 13.8. The van der Waals surface area contributed by atoms with Crippen LogP contribution in [-0.2, 0) is 33.3 Å². The Morgan fingerprint density at radius 1 is 1.27 bits per heavy atom. The normalized spacial score (nSPS) is 14.0. The predicted octanol–water partition coefficient (Wildman–Crippen LogP) is 2.69. The second-order valence-electron chi connectivity index (χ2n) is 4.28. The smallest absolute Gasteiger partial charge is 0.463 e. The van der Waals surface area contributed by atoms with Crippen molar-refractivity contribution in [2.24, 2.45) is 0 Å². The second-order valence-corrected chi connectivity index (χ2v) is 6.09. The molecule has 0 aliphatic heterocycles. The number of nitrogens with zero attached hydrogens (tertiary/aromatic N) is 1. The van der Waals surface area contributed by atoms with E-state index >= 15 is 0 Å². The van der Waals surface area contributed by atoms with Gasteiger partial charge in [0.05, 0.1) is 6.61 Å². The van der Waals surface area contributed by atoms with Crippen molar-refractivity contribution >= 4 is 13.8 Å². The van der Waals surface area contributed by atoms with Gasteiger partial charge in [-0.2, -0.15) is 5.26 Å². The zero-order valence-electron chi connectivity index (χ0n) is 12.9. The maximum absolute atomic E-state index is 12.3.